The molecule has 0 unspecified atom stereocenters. The second-order valence-electron chi connectivity index (χ2n) is 5.57. The minimum absolute atomic E-state index is 0.274. The van der Waals surface area contributed by atoms with Crippen LogP contribution in [0.15, 0.2) is 36.7 Å². The van der Waals surface area contributed by atoms with Crippen LogP contribution in [0.5, 0.6) is 11.6 Å². The quantitative estimate of drug-likeness (QED) is 0.866. The van der Waals surface area contributed by atoms with E-state index in [0.29, 0.717) is 19.0 Å². The van der Waals surface area contributed by atoms with Crippen molar-refractivity contribution in [3.63, 3.8) is 0 Å². The van der Waals surface area contributed by atoms with Crippen molar-refractivity contribution >= 4 is 0 Å². The fourth-order valence-corrected chi connectivity index (χ4v) is 2.76. The van der Waals surface area contributed by atoms with Gasteiger partial charge in [-0.15, -0.1) is 0 Å². The van der Waals surface area contributed by atoms with Crippen LogP contribution >= 0.6 is 0 Å². The van der Waals surface area contributed by atoms with Crippen molar-refractivity contribution in [2.45, 2.75) is 19.1 Å². The zero-order chi connectivity index (χ0) is 16.1. The molecule has 1 aromatic carbocycles. The summed E-state index contributed by atoms with van der Waals surface area (Å²) in [5.74, 6) is 1.39. The fourth-order valence-electron chi connectivity index (χ4n) is 2.76. The summed E-state index contributed by atoms with van der Waals surface area (Å²) < 4.78 is 10.9. The van der Waals surface area contributed by atoms with E-state index in [1.807, 2.05) is 30.3 Å². The second kappa shape index (κ2) is 7.39. The molecule has 1 atom stereocenters. The molecular formula is C17H21N3O3. The molecule has 6 heteroatoms. The van der Waals surface area contributed by atoms with Gasteiger partial charge in [0, 0.05) is 31.6 Å². The number of ether oxygens (including phenoxy) is 2. The maximum Gasteiger partial charge on any atom is 0.220 e. The lowest BCUT2D eigenvalue weighted by Crippen LogP contribution is -2.39. The summed E-state index contributed by atoms with van der Waals surface area (Å²) in [6, 6.07) is 9.52. The Morgan fingerprint density at radius 3 is 2.87 bits per heavy atom. The van der Waals surface area contributed by atoms with Crippen molar-refractivity contribution in [3.05, 3.63) is 47.9 Å². The van der Waals surface area contributed by atoms with E-state index in [-0.39, 0.29) is 6.61 Å². The summed E-state index contributed by atoms with van der Waals surface area (Å²) in [6.07, 6.45) is 1.82. The van der Waals surface area contributed by atoms with E-state index in [4.69, 9.17) is 9.47 Å². The average Bonchev–Trinajstić information content (AvgIpc) is 2.60. The lowest BCUT2D eigenvalue weighted by molar-refractivity contribution is 0.0630. The first kappa shape index (κ1) is 15.7. The molecule has 2 heterocycles. The predicted octanol–water partition coefficient (Wildman–Crippen LogP) is 1.28. The van der Waals surface area contributed by atoms with E-state index in [2.05, 4.69) is 14.9 Å². The highest BCUT2D eigenvalue weighted by molar-refractivity contribution is 5.31. The zero-order valence-corrected chi connectivity index (χ0v) is 13.2. The van der Waals surface area contributed by atoms with Crippen molar-refractivity contribution in [3.8, 4) is 11.6 Å². The number of para-hydroxylation sites is 1. The number of nitrogens with zero attached hydrogens (tertiary/aromatic N) is 3. The highest BCUT2D eigenvalue weighted by atomic mass is 16.5. The van der Waals surface area contributed by atoms with Gasteiger partial charge in [-0.3, -0.25) is 4.90 Å². The molecular weight excluding hydrogens is 294 g/mol. The molecule has 0 spiro atoms. The number of fused-ring (bicyclic) bond motifs is 1. The van der Waals surface area contributed by atoms with E-state index < -0.39 is 6.10 Å². The molecule has 0 amide bonds. The number of benzene rings is 1. The average molecular weight is 315 g/mol. The molecule has 0 aliphatic carbocycles. The van der Waals surface area contributed by atoms with Crippen molar-refractivity contribution < 1.29 is 14.6 Å². The summed E-state index contributed by atoms with van der Waals surface area (Å²) in [6.45, 7) is 2.36. The van der Waals surface area contributed by atoms with Crippen LogP contribution in [-0.2, 0) is 13.0 Å². The van der Waals surface area contributed by atoms with Crippen molar-refractivity contribution in [1.29, 1.82) is 0 Å². The van der Waals surface area contributed by atoms with Crippen LogP contribution in [0, 0.1) is 0 Å². The van der Waals surface area contributed by atoms with Gasteiger partial charge < -0.3 is 14.6 Å². The normalized spacial score (nSPS) is 15.7. The van der Waals surface area contributed by atoms with Crippen LogP contribution in [-0.4, -0.2) is 52.9 Å². The van der Waals surface area contributed by atoms with Crippen LogP contribution in [0.4, 0.5) is 0 Å². The largest absolute Gasteiger partial charge is 0.491 e. The van der Waals surface area contributed by atoms with Gasteiger partial charge in [0.1, 0.15) is 24.8 Å². The second-order valence-corrected chi connectivity index (χ2v) is 5.57. The van der Waals surface area contributed by atoms with E-state index in [1.54, 1.807) is 7.11 Å². The molecule has 3 rings (SSSR count). The first-order valence-corrected chi connectivity index (χ1v) is 7.71. The molecule has 1 aromatic heterocycles. The molecule has 0 bridgehead atoms. The number of methoxy groups -OCH3 is 1. The van der Waals surface area contributed by atoms with Crippen LogP contribution < -0.4 is 9.47 Å². The minimum Gasteiger partial charge on any atom is -0.491 e. The van der Waals surface area contributed by atoms with Crippen molar-refractivity contribution in [2.24, 2.45) is 0 Å². The van der Waals surface area contributed by atoms with Crippen LogP contribution in [0.3, 0.4) is 0 Å². The molecule has 1 aliphatic heterocycles. The van der Waals surface area contributed by atoms with Crippen LogP contribution in [0.2, 0.25) is 0 Å². The molecule has 0 radical (unpaired) electrons. The Balaban J connectivity index is 1.54. The predicted molar refractivity (Wildman–Crippen MR) is 85.5 cm³/mol. The van der Waals surface area contributed by atoms with Gasteiger partial charge in [-0.25, -0.2) is 9.97 Å². The Bertz CT molecular complexity index is 622. The molecule has 6 nitrogen and oxygen atoms in total. The third-order valence-electron chi connectivity index (χ3n) is 3.89. The monoisotopic (exact) mass is 315 g/mol. The van der Waals surface area contributed by atoms with Gasteiger partial charge >= 0.3 is 0 Å². The van der Waals surface area contributed by atoms with Crippen molar-refractivity contribution in [1.82, 2.24) is 14.9 Å². The maximum atomic E-state index is 10.2. The summed E-state index contributed by atoms with van der Waals surface area (Å²) in [7, 11) is 1.62. The summed E-state index contributed by atoms with van der Waals surface area (Å²) >= 11 is 0. The summed E-state index contributed by atoms with van der Waals surface area (Å²) in [4.78, 5) is 10.6. The third-order valence-corrected chi connectivity index (χ3v) is 3.89. The van der Waals surface area contributed by atoms with Gasteiger partial charge in [0.2, 0.25) is 5.88 Å². The number of hydrogen-bond acceptors (Lipinski definition) is 6. The Labute approximate surface area is 135 Å². The third kappa shape index (κ3) is 3.97. The fraction of sp³-hybridized carbons (Fsp3) is 0.412. The highest BCUT2D eigenvalue weighted by Gasteiger charge is 2.23. The molecule has 1 aliphatic rings. The van der Waals surface area contributed by atoms with Gasteiger partial charge in [0.25, 0.3) is 0 Å². The number of aliphatic hydroxyl groups excluding tert-OH is 1. The van der Waals surface area contributed by atoms with E-state index in [9.17, 15) is 5.11 Å². The smallest absolute Gasteiger partial charge is 0.220 e. The molecule has 0 saturated heterocycles. The van der Waals surface area contributed by atoms with E-state index >= 15 is 0 Å². The Kier molecular flexibility index (Phi) is 5.05. The Morgan fingerprint density at radius 1 is 1.26 bits per heavy atom. The van der Waals surface area contributed by atoms with Gasteiger partial charge in [-0.2, -0.15) is 0 Å². The van der Waals surface area contributed by atoms with Gasteiger partial charge in [0.05, 0.1) is 12.8 Å². The summed E-state index contributed by atoms with van der Waals surface area (Å²) in [5.41, 5.74) is 2.04. The van der Waals surface area contributed by atoms with E-state index in [1.165, 1.54) is 6.33 Å². The SMILES string of the molecule is COc1ncnc2c1CN(C[C@@H](O)COc1ccccc1)CC2. The van der Waals surface area contributed by atoms with Gasteiger partial charge in [-0.1, -0.05) is 18.2 Å². The first-order chi connectivity index (χ1) is 11.3. The molecule has 0 fully saturated rings. The van der Waals surface area contributed by atoms with Gasteiger partial charge in [-0.05, 0) is 12.1 Å². The highest BCUT2D eigenvalue weighted by Crippen LogP contribution is 2.24. The standard InChI is InChI=1S/C17H21N3O3/c1-22-17-15-10-20(8-7-16(15)18-12-19-17)9-13(21)11-23-14-5-3-2-4-6-14/h2-6,12-13,21H,7-11H2,1H3/t13-/m1/s1. The van der Waals surface area contributed by atoms with Crippen molar-refractivity contribution in [2.75, 3.05) is 26.8 Å². The lowest BCUT2D eigenvalue weighted by Gasteiger charge is -2.30. The van der Waals surface area contributed by atoms with Gasteiger partial charge in [0.15, 0.2) is 0 Å². The number of rotatable bonds is 6. The zero-order valence-electron chi connectivity index (χ0n) is 13.2. The molecule has 122 valence electrons. The Morgan fingerprint density at radius 2 is 2.09 bits per heavy atom. The minimum atomic E-state index is -0.549. The number of β-amino-alcohol motifs (C(OH)–C–C–N with tert-alkyl or cyclic N) is 1. The first-order valence-electron chi connectivity index (χ1n) is 7.71. The maximum absolute atomic E-state index is 10.2. The van der Waals surface area contributed by atoms with Crippen LogP contribution in [0.25, 0.3) is 0 Å². The Hall–Kier alpha value is -2.18. The molecule has 2 aromatic rings. The lowest BCUT2D eigenvalue weighted by atomic mass is 10.1. The molecule has 23 heavy (non-hydrogen) atoms. The number of hydrogen-bond donors (Lipinski definition) is 1. The number of aliphatic hydroxyl groups is 1. The topological polar surface area (TPSA) is 67.7 Å². The number of aromatic nitrogens is 2. The van der Waals surface area contributed by atoms with Crippen LogP contribution in [0.1, 0.15) is 11.3 Å². The molecule has 0 saturated carbocycles. The molecule has 1 N–H and O–H groups in total. The van der Waals surface area contributed by atoms with E-state index in [0.717, 1.165) is 30.0 Å². The summed E-state index contributed by atoms with van der Waals surface area (Å²) in [5, 5.41) is 10.2.